The minimum atomic E-state index is -5.04. The first-order valence-corrected chi connectivity index (χ1v) is 31.6. The first-order chi connectivity index (χ1) is 22.0. The van der Waals surface area contributed by atoms with E-state index in [-0.39, 0.29) is 7.25 Å². The quantitative estimate of drug-likeness (QED) is 0.158. The Morgan fingerprint density at radius 2 is 1.17 bits per heavy atom. The van der Waals surface area contributed by atoms with Gasteiger partial charge in [0.15, 0.2) is 0 Å². The summed E-state index contributed by atoms with van der Waals surface area (Å²) in [5.41, 5.74) is 13.9. The predicted molar refractivity (Wildman–Crippen MR) is 197 cm³/mol. The molecule has 5 heteroatoms. The molecule has 0 aliphatic heterocycles. The van der Waals surface area contributed by atoms with Crippen molar-refractivity contribution in [3.8, 4) is 22.3 Å². The van der Waals surface area contributed by atoms with E-state index in [0.29, 0.717) is 0 Å². The van der Waals surface area contributed by atoms with Gasteiger partial charge >= 0.3 is 284 Å². The molecule has 0 N–H and O–H groups in total. The molecule has 2 aliphatic rings. The molecule has 0 saturated heterocycles. The summed E-state index contributed by atoms with van der Waals surface area (Å²) >= 11 is -5.04. The molecule has 232 valence electrons. The van der Waals surface area contributed by atoms with Crippen LogP contribution in [0.3, 0.4) is 0 Å². The fourth-order valence-electron chi connectivity index (χ4n) is 8.20. The zero-order chi connectivity index (χ0) is 32.4. The van der Waals surface area contributed by atoms with E-state index in [9.17, 15) is 0 Å². The van der Waals surface area contributed by atoms with Crippen molar-refractivity contribution in [2.75, 3.05) is 0 Å². The molecule has 4 aromatic carbocycles. The third-order valence-corrected chi connectivity index (χ3v) is 56.9. The van der Waals surface area contributed by atoms with Crippen LogP contribution in [0, 0.1) is 20.8 Å². The zero-order valence-electron chi connectivity index (χ0n) is 27.4. The van der Waals surface area contributed by atoms with E-state index in [1.54, 1.807) is 0 Å². The molecule has 2 atom stereocenters. The van der Waals surface area contributed by atoms with Crippen LogP contribution in [0.1, 0.15) is 65.5 Å². The van der Waals surface area contributed by atoms with Crippen LogP contribution in [0.4, 0.5) is 0 Å². The number of rotatable bonds is 6. The van der Waals surface area contributed by atoms with Gasteiger partial charge in [-0.2, -0.15) is 0 Å². The Bertz CT molecular complexity index is 2140. The van der Waals surface area contributed by atoms with Gasteiger partial charge in [0.25, 0.3) is 0 Å². The van der Waals surface area contributed by atoms with E-state index in [4.69, 9.17) is 21.4 Å². The summed E-state index contributed by atoms with van der Waals surface area (Å²) in [6, 6.07) is 34.9. The Labute approximate surface area is 281 Å². The van der Waals surface area contributed by atoms with Crippen LogP contribution in [-0.2, 0) is 15.0 Å². The standard InChI is InChI=1S/C21H17O.C18H17.C2H6Si.2ClH.Zr/c1-14-8-10-17-12-18(20-11-9-15(2)22-20)13-19(17)21(14)16-6-4-3-5-7-16;1-3-14-11-16-10-9-13(2)18(17(16)12-14)15-7-5-4-6-8-15;1-3-2;;;/h3-13H,1-2H3;4-12H,3H2,1-2H3;1-2H3;2*1H;/q;;;;;+2/p-2. The number of benzene rings is 4. The summed E-state index contributed by atoms with van der Waals surface area (Å²) in [5, 5.41) is 0. The second-order valence-electron chi connectivity index (χ2n) is 13.4. The van der Waals surface area contributed by atoms with Gasteiger partial charge in [0, 0.05) is 0 Å². The number of fused-ring (bicyclic) bond motifs is 2. The van der Waals surface area contributed by atoms with Crippen molar-refractivity contribution in [1.82, 2.24) is 0 Å². The summed E-state index contributed by atoms with van der Waals surface area (Å²) < 4.78 is 6.35. The summed E-state index contributed by atoms with van der Waals surface area (Å²) in [6.07, 6.45) is 5.72. The average molecular weight is 739 g/mol. The van der Waals surface area contributed by atoms with E-state index in [2.05, 4.69) is 143 Å². The second-order valence-corrected chi connectivity index (χ2v) is 52.1. The van der Waals surface area contributed by atoms with Gasteiger partial charge in [-0.25, -0.2) is 0 Å². The van der Waals surface area contributed by atoms with Gasteiger partial charge < -0.3 is 0 Å². The van der Waals surface area contributed by atoms with Gasteiger partial charge in [-0.05, 0) is 0 Å². The third kappa shape index (κ3) is 4.80. The molecule has 1 nitrogen and oxygen atoms in total. The molecule has 1 aromatic heterocycles. The molecule has 0 spiro atoms. The van der Waals surface area contributed by atoms with Crippen molar-refractivity contribution in [2.45, 2.75) is 54.5 Å². The summed E-state index contributed by atoms with van der Waals surface area (Å²) in [7, 11) is 17.4. The van der Waals surface area contributed by atoms with Gasteiger partial charge in [-0.3, -0.25) is 0 Å². The van der Waals surface area contributed by atoms with Gasteiger partial charge in [0.2, 0.25) is 0 Å². The van der Waals surface area contributed by atoms with E-state index in [1.807, 2.05) is 6.92 Å². The van der Waals surface area contributed by atoms with Crippen molar-refractivity contribution in [3.05, 3.63) is 148 Å². The van der Waals surface area contributed by atoms with Crippen LogP contribution in [0.25, 0.3) is 40.0 Å². The Morgan fingerprint density at radius 3 is 1.65 bits per heavy atom. The SMILES string of the molecule is CCC1=Cc2c(ccc(C)c2-c2ccccc2)[CH]1[Zr]([Cl])([Cl])([CH]1C(c2ccc(C)o2)=Cc2c1ccc(C)c2-c1ccccc1)=[Si](C)C. The van der Waals surface area contributed by atoms with E-state index < -0.39 is 20.4 Å². The molecule has 1 heterocycles. The maximum absolute atomic E-state index is 8.70. The molecule has 7 rings (SSSR count). The van der Waals surface area contributed by atoms with Gasteiger partial charge in [0.05, 0.1) is 0 Å². The average Bonchev–Trinajstić information content (AvgIpc) is 3.77. The molecule has 0 saturated carbocycles. The van der Waals surface area contributed by atoms with Crippen LogP contribution in [0.2, 0.25) is 13.1 Å². The number of halogens is 2. The topological polar surface area (TPSA) is 13.1 Å². The molecule has 0 amide bonds. The van der Waals surface area contributed by atoms with E-state index in [0.717, 1.165) is 23.5 Å². The van der Waals surface area contributed by atoms with Crippen molar-refractivity contribution >= 4 is 40.2 Å². The molecule has 0 bridgehead atoms. The van der Waals surface area contributed by atoms with E-state index >= 15 is 0 Å². The summed E-state index contributed by atoms with van der Waals surface area (Å²) in [6.45, 7) is 13.5. The van der Waals surface area contributed by atoms with E-state index in [1.165, 1.54) is 61.2 Å². The number of aryl methyl sites for hydroxylation is 3. The third-order valence-electron chi connectivity index (χ3n) is 10.5. The predicted octanol–water partition coefficient (Wildman–Crippen LogP) is 12.9. The molecule has 0 fully saturated rings. The minimum absolute atomic E-state index is 0.00797. The Balaban J connectivity index is 1.55. The fraction of sp³-hybridized carbons (Fsp3) is 0.220. The monoisotopic (exact) mass is 736 g/mol. The maximum atomic E-state index is 8.70. The molecule has 2 aliphatic carbocycles. The van der Waals surface area contributed by atoms with Gasteiger partial charge in [-0.1, -0.05) is 0 Å². The van der Waals surface area contributed by atoms with Gasteiger partial charge in [0.1, 0.15) is 0 Å². The fourth-order valence-corrected chi connectivity index (χ4v) is 36.8. The molecular formula is C41H40Cl2OSiZr. The zero-order valence-corrected chi connectivity index (χ0v) is 32.4. The summed E-state index contributed by atoms with van der Waals surface area (Å²) in [4.78, 5) is 0. The second kappa shape index (κ2) is 11.8. The molecule has 2 unspecified atom stereocenters. The molecule has 5 aromatic rings. The number of hydrogen-bond acceptors (Lipinski definition) is 1. The van der Waals surface area contributed by atoms with Crippen LogP contribution < -0.4 is 0 Å². The van der Waals surface area contributed by atoms with Crippen molar-refractivity contribution in [1.29, 1.82) is 0 Å². The molecule has 46 heavy (non-hydrogen) atoms. The normalized spacial score (nSPS) is 17.4. The van der Waals surface area contributed by atoms with Crippen LogP contribution in [0.15, 0.2) is 107 Å². The molecule has 0 radical (unpaired) electrons. The Hall–Kier alpha value is -2.68. The van der Waals surface area contributed by atoms with Crippen LogP contribution in [0.5, 0.6) is 0 Å². The van der Waals surface area contributed by atoms with Crippen molar-refractivity contribution in [3.63, 3.8) is 0 Å². The summed E-state index contributed by atoms with van der Waals surface area (Å²) in [5.74, 6) is 1.78. The van der Waals surface area contributed by atoms with Crippen molar-refractivity contribution in [2.24, 2.45) is 0 Å². The Kier molecular flexibility index (Phi) is 8.17. The van der Waals surface area contributed by atoms with Crippen molar-refractivity contribution < 1.29 is 19.4 Å². The molecular weight excluding hydrogens is 699 g/mol. The first kappa shape index (κ1) is 31.9. The van der Waals surface area contributed by atoms with Crippen LogP contribution >= 0.6 is 17.0 Å². The number of hydrogen-bond donors (Lipinski definition) is 0. The number of furan rings is 1. The van der Waals surface area contributed by atoms with Crippen LogP contribution in [-0.4, -0.2) is 5.43 Å². The first-order valence-electron chi connectivity index (χ1n) is 16.3. The van der Waals surface area contributed by atoms with Gasteiger partial charge in [-0.15, -0.1) is 0 Å². The number of allylic oxidation sites excluding steroid dienone is 2. The Morgan fingerprint density at radius 1 is 0.652 bits per heavy atom.